The number of nitrogens with one attached hydrogen (secondary N) is 1. The Kier molecular flexibility index (Phi) is 3.96. The van der Waals surface area contributed by atoms with Gasteiger partial charge in [-0.15, -0.1) is 0 Å². The van der Waals surface area contributed by atoms with Crippen LogP contribution >= 0.6 is 0 Å². The molecule has 3 heteroatoms. The molecular weight excluding hydrogens is 164 g/mol. The largest absolute Gasteiger partial charge is 0.354 e. The zero-order valence-electron chi connectivity index (χ0n) is 8.12. The molecule has 0 aromatic carbocycles. The molecule has 0 aromatic heterocycles. The lowest BCUT2D eigenvalue weighted by Gasteiger charge is -2.13. The summed E-state index contributed by atoms with van der Waals surface area (Å²) >= 11 is 0. The van der Waals surface area contributed by atoms with Crippen molar-refractivity contribution in [3.8, 4) is 0 Å². The average molecular weight is 182 g/mol. The van der Waals surface area contributed by atoms with E-state index in [1.165, 1.54) is 0 Å². The molecular formula is C10H18N2O. The molecule has 1 rings (SSSR count). The molecule has 1 aliphatic carbocycles. The maximum absolute atomic E-state index is 11.5. The van der Waals surface area contributed by atoms with E-state index in [2.05, 4.69) is 17.5 Å². The lowest BCUT2D eigenvalue weighted by atomic mass is 10.1. The van der Waals surface area contributed by atoms with Gasteiger partial charge in [0.25, 0.3) is 0 Å². The summed E-state index contributed by atoms with van der Waals surface area (Å²) in [4.78, 5) is 11.5. The summed E-state index contributed by atoms with van der Waals surface area (Å²) in [6, 6.07) is 0.0957. The van der Waals surface area contributed by atoms with Crippen molar-refractivity contribution >= 4 is 5.91 Å². The van der Waals surface area contributed by atoms with Crippen LogP contribution in [0.3, 0.4) is 0 Å². The minimum absolute atomic E-state index is 0.0957. The first kappa shape index (κ1) is 10.3. The summed E-state index contributed by atoms with van der Waals surface area (Å²) in [6.07, 6.45) is 6.79. The van der Waals surface area contributed by atoms with Gasteiger partial charge < -0.3 is 11.1 Å². The van der Waals surface area contributed by atoms with Crippen molar-refractivity contribution in [2.75, 3.05) is 6.54 Å². The highest BCUT2D eigenvalue weighted by Crippen LogP contribution is 2.17. The summed E-state index contributed by atoms with van der Waals surface area (Å²) < 4.78 is 0. The van der Waals surface area contributed by atoms with Crippen molar-refractivity contribution < 1.29 is 4.79 Å². The molecule has 0 saturated carbocycles. The van der Waals surface area contributed by atoms with Crippen LogP contribution in [0.4, 0.5) is 0 Å². The topological polar surface area (TPSA) is 55.1 Å². The van der Waals surface area contributed by atoms with Gasteiger partial charge >= 0.3 is 0 Å². The van der Waals surface area contributed by atoms with Crippen molar-refractivity contribution in [1.82, 2.24) is 5.32 Å². The Morgan fingerprint density at radius 2 is 2.23 bits per heavy atom. The third kappa shape index (κ3) is 3.19. The second-order valence-electron chi connectivity index (χ2n) is 3.55. The Morgan fingerprint density at radius 1 is 1.62 bits per heavy atom. The van der Waals surface area contributed by atoms with E-state index in [0.717, 1.165) is 19.3 Å². The van der Waals surface area contributed by atoms with Gasteiger partial charge in [0.2, 0.25) is 5.91 Å². The molecule has 0 aliphatic heterocycles. The minimum Gasteiger partial charge on any atom is -0.354 e. The van der Waals surface area contributed by atoms with Gasteiger partial charge in [-0.1, -0.05) is 19.1 Å². The van der Waals surface area contributed by atoms with Gasteiger partial charge in [0.15, 0.2) is 0 Å². The summed E-state index contributed by atoms with van der Waals surface area (Å²) in [7, 11) is 0. The molecule has 0 spiro atoms. The molecule has 13 heavy (non-hydrogen) atoms. The van der Waals surface area contributed by atoms with Gasteiger partial charge in [0, 0.05) is 18.5 Å². The van der Waals surface area contributed by atoms with Gasteiger partial charge in [-0.05, 0) is 19.3 Å². The fourth-order valence-corrected chi connectivity index (χ4v) is 1.35. The van der Waals surface area contributed by atoms with E-state index in [1.54, 1.807) is 0 Å². The van der Waals surface area contributed by atoms with E-state index in [0.29, 0.717) is 6.54 Å². The molecule has 0 radical (unpaired) electrons. The van der Waals surface area contributed by atoms with Crippen LogP contribution in [0.15, 0.2) is 12.2 Å². The fraction of sp³-hybridized carbons (Fsp3) is 0.700. The molecule has 1 aliphatic rings. The summed E-state index contributed by atoms with van der Waals surface area (Å²) in [5.74, 6) is 0.304. The average Bonchev–Trinajstić information content (AvgIpc) is 2.66. The van der Waals surface area contributed by atoms with Crippen molar-refractivity contribution in [3.63, 3.8) is 0 Å². The molecule has 1 amide bonds. The van der Waals surface area contributed by atoms with Crippen molar-refractivity contribution in [2.45, 2.75) is 32.2 Å². The number of carbonyl (C=O) groups excluding carboxylic acids is 1. The Labute approximate surface area is 79.4 Å². The SMILES string of the molecule is CCC(N)CNC(=O)C1CC=CC1. The minimum atomic E-state index is 0.0957. The molecule has 3 N–H and O–H groups in total. The first-order valence-corrected chi connectivity index (χ1v) is 4.92. The predicted molar refractivity (Wildman–Crippen MR) is 53.1 cm³/mol. The zero-order valence-corrected chi connectivity index (χ0v) is 8.12. The summed E-state index contributed by atoms with van der Waals surface area (Å²) in [5.41, 5.74) is 5.69. The number of hydrogen-bond acceptors (Lipinski definition) is 2. The van der Waals surface area contributed by atoms with E-state index in [-0.39, 0.29) is 17.9 Å². The van der Waals surface area contributed by atoms with Crippen LogP contribution in [0.2, 0.25) is 0 Å². The second kappa shape index (κ2) is 5.02. The first-order chi connectivity index (χ1) is 6.24. The molecule has 0 saturated heterocycles. The maximum Gasteiger partial charge on any atom is 0.223 e. The highest BCUT2D eigenvalue weighted by atomic mass is 16.1. The number of hydrogen-bond donors (Lipinski definition) is 2. The van der Waals surface area contributed by atoms with Crippen molar-refractivity contribution in [2.24, 2.45) is 11.7 Å². The highest BCUT2D eigenvalue weighted by molar-refractivity contribution is 5.79. The molecule has 1 atom stereocenters. The lowest BCUT2D eigenvalue weighted by molar-refractivity contribution is -0.124. The number of allylic oxidation sites excluding steroid dienone is 2. The van der Waals surface area contributed by atoms with Crippen LogP contribution in [0, 0.1) is 5.92 Å². The van der Waals surface area contributed by atoms with E-state index < -0.39 is 0 Å². The fourth-order valence-electron chi connectivity index (χ4n) is 1.35. The molecule has 1 unspecified atom stereocenters. The Hall–Kier alpha value is -0.830. The normalized spacial score (nSPS) is 18.9. The molecule has 3 nitrogen and oxygen atoms in total. The van der Waals surface area contributed by atoms with E-state index in [9.17, 15) is 4.79 Å². The quantitative estimate of drug-likeness (QED) is 0.632. The number of amides is 1. The lowest BCUT2D eigenvalue weighted by Crippen LogP contribution is -2.39. The van der Waals surface area contributed by atoms with Crippen molar-refractivity contribution in [3.05, 3.63) is 12.2 Å². The molecule has 0 aromatic rings. The summed E-state index contributed by atoms with van der Waals surface area (Å²) in [6.45, 7) is 2.62. The predicted octanol–water partition coefficient (Wildman–Crippen LogP) is 0.806. The van der Waals surface area contributed by atoms with Crippen LogP contribution in [0.1, 0.15) is 26.2 Å². The molecule has 74 valence electrons. The number of carbonyl (C=O) groups is 1. The van der Waals surface area contributed by atoms with Crippen LogP contribution in [-0.4, -0.2) is 18.5 Å². The van der Waals surface area contributed by atoms with Gasteiger partial charge in [0.05, 0.1) is 0 Å². The van der Waals surface area contributed by atoms with Crippen LogP contribution < -0.4 is 11.1 Å². The van der Waals surface area contributed by atoms with Gasteiger partial charge in [-0.2, -0.15) is 0 Å². The first-order valence-electron chi connectivity index (χ1n) is 4.92. The van der Waals surface area contributed by atoms with Crippen LogP contribution in [0.5, 0.6) is 0 Å². The third-order valence-corrected chi connectivity index (χ3v) is 2.44. The van der Waals surface area contributed by atoms with Gasteiger partial charge in [-0.3, -0.25) is 4.79 Å². The number of rotatable bonds is 4. The Balaban J connectivity index is 2.17. The Bertz CT molecular complexity index is 193. The van der Waals surface area contributed by atoms with E-state index >= 15 is 0 Å². The molecule has 0 bridgehead atoms. The second-order valence-corrected chi connectivity index (χ2v) is 3.55. The van der Waals surface area contributed by atoms with Gasteiger partial charge in [0.1, 0.15) is 0 Å². The molecule has 0 fully saturated rings. The Morgan fingerprint density at radius 3 is 2.77 bits per heavy atom. The van der Waals surface area contributed by atoms with E-state index in [1.807, 2.05) is 6.92 Å². The van der Waals surface area contributed by atoms with Crippen LogP contribution in [-0.2, 0) is 4.79 Å². The van der Waals surface area contributed by atoms with Crippen molar-refractivity contribution in [1.29, 1.82) is 0 Å². The number of nitrogens with two attached hydrogens (primary N) is 1. The maximum atomic E-state index is 11.5. The highest BCUT2D eigenvalue weighted by Gasteiger charge is 2.18. The smallest absolute Gasteiger partial charge is 0.223 e. The standard InChI is InChI=1S/C10H18N2O/c1-2-9(11)7-12-10(13)8-5-3-4-6-8/h3-4,8-9H,2,5-7,11H2,1H3,(H,12,13). The van der Waals surface area contributed by atoms with E-state index in [4.69, 9.17) is 5.73 Å². The van der Waals surface area contributed by atoms with Gasteiger partial charge in [-0.25, -0.2) is 0 Å². The monoisotopic (exact) mass is 182 g/mol. The zero-order chi connectivity index (χ0) is 9.68. The molecule has 0 heterocycles. The summed E-state index contributed by atoms with van der Waals surface area (Å²) in [5, 5.41) is 2.87. The van der Waals surface area contributed by atoms with Crippen LogP contribution in [0.25, 0.3) is 0 Å². The third-order valence-electron chi connectivity index (χ3n) is 2.44.